The molecule has 0 aliphatic carbocycles. The van der Waals surface area contributed by atoms with Gasteiger partial charge in [0.1, 0.15) is 0 Å². The predicted octanol–water partition coefficient (Wildman–Crippen LogP) is 1.93. The third kappa shape index (κ3) is 6.44. The Labute approximate surface area is 152 Å². The Morgan fingerprint density at radius 1 is 1.32 bits per heavy atom. The number of benzene rings is 1. The average molecular weight is 348 g/mol. The summed E-state index contributed by atoms with van der Waals surface area (Å²) in [5.41, 5.74) is 2.44. The van der Waals surface area contributed by atoms with Gasteiger partial charge < -0.3 is 15.0 Å². The van der Waals surface area contributed by atoms with Gasteiger partial charge in [0.15, 0.2) is 0 Å². The fourth-order valence-corrected chi connectivity index (χ4v) is 3.72. The number of hydrogen-bond acceptors (Lipinski definition) is 2. The second-order valence-corrected chi connectivity index (χ2v) is 8.39. The molecular formula is C21H35N2O2+. The topological polar surface area (TPSA) is 42.8 Å². The average Bonchev–Trinajstić information content (AvgIpc) is 2.52. The van der Waals surface area contributed by atoms with E-state index < -0.39 is 0 Å². The zero-order chi connectivity index (χ0) is 18.4. The van der Waals surface area contributed by atoms with Crippen LogP contribution in [-0.4, -0.2) is 45.3 Å². The minimum absolute atomic E-state index is 0.101. The molecule has 0 bridgehead atoms. The van der Waals surface area contributed by atoms with Gasteiger partial charge in [-0.1, -0.05) is 29.8 Å². The minimum Gasteiger partial charge on any atom is -0.376 e. The van der Waals surface area contributed by atoms with Gasteiger partial charge in [-0.15, -0.1) is 0 Å². The van der Waals surface area contributed by atoms with Crippen LogP contribution < -0.4 is 10.2 Å². The van der Waals surface area contributed by atoms with E-state index in [4.69, 9.17) is 4.74 Å². The molecule has 4 heteroatoms. The summed E-state index contributed by atoms with van der Waals surface area (Å²) in [4.78, 5) is 13.9. The van der Waals surface area contributed by atoms with Crippen molar-refractivity contribution < 1.29 is 14.4 Å². The Morgan fingerprint density at radius 2 is 2.00 bits per heavy atom. The molecule has 0 saturated carbocycles. The first kappa shape index (κ1) is 19.9. The van der Waals surface area contributed by atoms with Gasteiger partial charge >= 0.3 is 0 Å². The molecule has 1 fully saturated rings. The van der Waals surface area contributed by atoms with Gasteiger partial charge in [0.2, 0.25) is 5.91 Å². The Hall–Kier alpha value is -1.39. The third-order valence-electron chi connectivity index (χ3n) is 5.16. The fraction of sp³-hybridized carbons (Fsp3) is 0.667. The van der Waals surface area contributed by atoms with Crippen LogP contribution in [-0.2, 0) is 9.53 Å². The molecule has 2 rings (SSSR count). The van der Waals surface area contributed by atoms with Crippen molar-refractivity contribution in [3.05, 3.63) is 35.4 Å². The number of nitrogens with one attached hydrogen (secondary N) is 2. The summed E-state index contributed by atoms with van der Waals surface area (Å²) in [7, 11) is 4.21. The molecule has 25 heavy (non-hydrogen) atoms. The van der Waals surface area contributed by atoms with Gasteiger partial charge in [0, 0.05) is 13.0 Å². The second-order valence-electron chi connectivity index (χ2n) is 8.39. The highest BCUT2D eigenvalue weighted by molar-refractivity contribution is 5.76. The van der Waals surface area contributed by atoms with Crippen LogP contribution in [0.3, 0.4) is 0 Å². The minimum atomic E-state index is -0.101. The number of likely N-dealkylation sites (N-methyl/N-ethyl adjacent to an activating group) is 1. The molecule has 1 aliphatic heterocycles. The van der Waals surface area contributed by atoms with Gasteiger partial charge in [-0.2, -0.15) is 0 Å². The normalized spacial score (nSPS) is 21.1. The van der Waals surface area contributed by atoms with Crippen molar-refractivity contribution in [1.82, 2.24) is 5.32 Å². The van der Waals surface area contributed by atoms with Crippen LogP contribution in [0.15, 0.2) is 24.3 Å². The van der Waals surface area contributed by atoms with Crippen LogP contribution in [0.2, 0.25) is 0 Å². The SMILES string of the molecule is Cc1ccc([C@H](CC(=O)NCC[NH+](C)C)[C@@H]2CCOC(C)(C)C2)cc1. The molecule has 0 radical (unpaired) electrons. The van der Waals surface area contributed by atoms with E-state index in [0.717, 1.165) is 32.5 Å². The molecule has 1 amide bonds. The molecule has 1 aromatic rings. The lowest BCUT2D eigenvalue weighted by Crippen LogP contribution is -3.06. The number of carbonyl (C=O) groups is 1. The first-order valence-electron chi connectivity index (χ1n) is 9.53. The van der Waals surface area contributed by atoms with E-state index in [1.165, 1.54) is 16.0 Å². The Bertz CT molecular complexity index is 552. The molecular weight excluding hydrogens is 312 g/mol. The molecule has 1 aliphatic rings. The Morgan fingerprint density at radius 3 is 2.60 bits per heavy atom. The second kappa shape index (κ2) is 8.81. The van der Waals surface area contributed by atoms with Crippen LogP contribution in [0.25, 0.3) is 0 Å². The van der Waals surface area contributed by atoms with E-state index >= 15 is 0 Å². The van der Waals surface area contributed by atoms with E-state index in [0.29, 0.717) is 12.3 Å². The Kier molecular flexibility index (Phi) is 7.03. The van der Waals surface area contributed by atoms with Gasteiger partial charge in [0.25, 0.3) is 0 Å². The molecule has 1 aromatic carbocycles. The lowest BCUT2D eigenvalue weighted by atomic mass is 9.75. The van der Waals surface area contributed by atoms with Crippen LogP contribution in [0.1, 0.15) is 50.2 Å². The maximum Gasteiger partial charge on any atom is 0.220 e. The molecule has 2 N–H and O–H groups in total. The largest absolute Gasteiger partial charge is 0.376 e. The highest BCUT2D eigenvalue weighted by Gasteiger charge is 2.35. The Balaban J connectivity index is 2.09. The van der Waals surface area contributed by atoms with E-state index in [2.05, 4.69) is 64.4 Å². The summed E-state index contributed by atoms with van der Waals surface area (Å²) < 4.78 is 5.89. The molecule has 1 heterocycles. The number of aryl methyl sites for hydroxylation is 1. The predicted molar refractivity (Wildman–Crippen MR) is 102 cm³/mol. The van der Waals surface area contributed by atoms with E-state index in [1.807, 2.05) is 0 Å². The quantitative estimate of drug-likeness (QED) is 0.792. The van der Waals surface area contributed by atoms with Crippen molar-refractivity contribution in [3.8, 4) is 0 Å². The standard InChI is InChI=1S/C21H34N2O2/c1-16-6-8-17(9-7-16)19(14-20(24)22-11-12-23(4)5)18-10-13-25-21(2,3)15-18/h6-9,18-19H,10-15H2,1-5H3,(H,22,24)/p+1/t18-,19+/m1/s1. The summed E-state index contributed by atoms with van der Waals surface area (Å²) in [6, 6.07) is 8.69. The molecule has 0 spiro atoms. The highest BCUT2D eigenvalue weighted by Crippen LogP contribution is 2.40. The monoisotopic (exact) mass is 347 g/mol. The van der Waals surface area contributed by atoms with Crippen molar-refractivity contribution in [2.75, 3.05) is 33.8 Å². The van der Waals surface area contributed by atoms with Crippen LogP contribution in [0, 0.1) is 12.8 Å². The zero-order valence-corrected chi connectivity index (χ0v) is 16.5. The number of amides is 1. The first-order chi connectivity index (χ1) is 11.8. The van der Waals surface area contributed by atoms with Crippen molar-refractivity contribution >= 4 is 5.91 Å². The maximum atomic E-state index is 12.5. The first-order valence-corrected chi connectivity index (χ1v) is 9.53. The van der Waals surface area contributed by atoms with Crippen molar-refractivity contribution in [1.29, 1.82) is 0 Å². The number of ether oxygens (including phenoxy) is 1. The van der Waals surface area contributed by atoms with Gasteiger partial charge in [-0.25, -0.2) is 0 Å². The van der Waals surface area contributed by atoms with Gasteiger partial charge in [-0.3, -0.25) is 4.79 Å². The molecule has 0 unspecified atom stereocenters. The molecule has 1 saturated heterocycles. The summed E-state index contributed by atoms with van der Waals surface area (Å²) >= 11 is 0. The summed E-state index contributed by atoms with van der Waals surface area (Å²) in [6.07, 6.45) is 2.59. The van der Waals surface area contributed by atoms with E-state index in [9.17, 15) is 4.79 Å². The molecule has 140 valence electrons. The van der Waals surface area contributed by atoms with Crippen LogP contribution in [0.4, 0.5) is 0 Å². The number of hydrogen-bond donors (Lipinski definition) is 2. The van der Waals surface area contributed by atoms with Crippen molar-refractivity contribution in [2.24, 2.45) is 5.92 Å². The van der Waals surface area contributed by atoms with Gasteiger partial charge in [-0.05, 0) is 51.0 Å². The molecule has 4 nitrogen and oxygen atoms in total. The smallest absolute Gasteiger partial charge is 0.220 e. The van der Waals surface area contributed by atoms with E-state index in [1.54, 1.807) is 0 Å². The van der Waals surface area contributed by atoms with Gasteiger partial charge in [0.05, 0.1) is 32.8 Å². The molecule has 2 atom stereocenters. The summed E-state index contributed by atoms with van der Waals surface area (Å²) in [5, 5.41) is 3.09. The van der Waals surface area contributed by atoms with E-state index in [-0.39, 0.29) is 17.4 Å². The number of rotatable bonds is 7. The van der Waals surface area contributed by atoms with Crippen LogP contribution in [0.5, 0.6) is 0 Å². The lowest BCUT2D eigenvalue weighted by molar-refractivity contribution is -0.856. The van der Waals surface area contributed by atoms with Crippen molar-refractivity contribution in [3.63, 3.8) is 0 Å². The summed E-state index contributed by atoms with van der Waals surface area (Å²) in [6.45, 7) is 8.89. The lowest BCUT2D eigenvalue weighted by Gasteiger charge is -2.39. The molecule has 0 aromatic heterocycles. The zero-order valence-electron chi connectivity index (χ0n) is 16.5. The summed E-state index contributed by atoms with van der Waals surface area (Å²) in [5.74, 6) is 0.906. The fourth-order valence-electron chi connectivity index (χ4n) is 3.72. The van der Waals surface area contributed by atoms with Crippen LogP contribution >= 0.6 is 0 Å². The number of carbonyl (C=O) groups excluding carboxylic acids is 1. The maximum absolute atomic E-state index is 12.5. The van der Waals surface area contributed by atoms with Crippen molar-refractivity contribution in [2.45, 2.75) is 51.6 Å². The number of quaternary nitrogens is 1. The highest BCUT2D eigenvalue weighted by atomic mass is 16.5. The third-order valence-corrected chi connectivity index (χ3v) is 5.16.